The standard InChI is InChI=1S/C31H31NO3/c1-21(26-16-7-10-22-9-2-3-14-27(22)26)32-18-8-13-25-20-29(28-15-4-5-17-30(28)35-25)23-11-6-12-24(19-23)31(33)34/h2-7,9-12,14-17,19,21,25,29,32H,8,13,18,20H2,1H3,(H,33,34). The summed E-state index contributed by atoms with van der Waals surface area (Å²) < 4.78 is 6.37. The molecular formula is C31H31NO3. The molecule has 1 aliphatic heterocycles. The van der Waals surface area contributed by atoms with Crippen LogP contribution in [0.5, 0.6) is 5.75 Å². The quantitative estimate of drug-likeness (QED) is 0.276. The van der Waals surface area contributed by atoms with Gasteiger partial charge < -0.3 is 15.2 Å². The van der Waals surface area contributed by atoms with Crippen LogP contribution in [0.15, 0.2) is 91.0 Å². The minimum Gasteiger partial charge on any atom is -0.490 e. The van der Waals surface area contributed by atoms with E-state index in [1.165, 1.54) is 16.3 Å². The maximum atomic E-state index is 11.5. The SMILES string of the molecule is CC(NCCCC1CC(c2cccc(C(=O)O)c2)c2ccccc2O1)c1cccc2ccccc12. The van der Waals surface area contributed by atoms with Gasteiger partial charge in [-0.15, -0.1) is 0 Å². The van der Waals surface area contributed by atoms with E-state index in [4.69, 9.17) is 4.74 Å². The Balaban J connectivity index is 1.24. The predicted molar refractivity (Wildman–Crippen MR) is 140 cm³/mol. The van der Waals surface area contributed by atoms with Gasteiger partial charge in [0.05, 0.1) is 11.7 Å². The molecule has 3 atom stereocenters. The zero-order valence-corrected chi connectivity index (χ0v) is 20.0. The van der Waals surface area contributed by atoms with Gasteiger partial charge in [0.1, 0.15) is 5.75 Å². The summed E-state index contributed by atoms with van der Waals surface area (Å²) in [6, 6.07) is 30.7. The van der Waals surface area contributed by atoms with Crippen molar-refractivity contribution in [1.82, 2.24) is 5.32 Å². The topological polar surface area (TPSA) is 58.6 Å². The lowest BCUT2D eigenvalue weighted by molar-refractivity contribution is 0.0696. The fourth-order valence-electron chi connectivity index (χ4n) is 5.26. The molecule has 178 valence electrons. The zero-order chi connectivity index (χ0) is 24.2. The molecule has 0 aromatic heterocycles. The number of fused-ring (bicyclic) bond motifs is 2. The van der Waals surface area contributed by atoms with Gasteiger partial charge in [-0.25, -0.2) is 4.79 Å². The van der Waals surface area contributed by atoms with E-state index in [0.717, 1.165) is 42.7 Å². The molecule has 0 radical (unpaired) electrons. The fraction of sp³-hybridized carbons (Fsp3) is 0.258. The number of carbonyl (C=O) groups is 1. The van der Waals surface area contributed by atoms with Gasteiger partial charge in [-0.3, -0.25) is 0 Å². The summed E-state index contributed by atoms with van der Waals surface area (Å²) in [7, 11) is 0. The van der Waals surface area contributed by atoms with E-state index in [2.05, 4.69) is 60.8 Å². The second-order valence-corrected chi connectivity index (χ2v) is 9.38. The van der Waals surface area contributed by atoms with Crippen LogP contribution in [0, 0.1) is 0 Å². The van der Waals surface area contributed by atoms with E-state index in [9.17, 15) is 9.90 Å². The molecule has 1 heterocycles. The summed E-state index contributed by atoms with van der Waals surface area (Å²) in [6.07, 6.45) is 2.89. The van der Waals surface area contributed by atoms with Crippen molar-refractivity contribution in [2.75, 3.05) is 6.54 Å². The highest BCUT2D eigenvalue weighted by molar-refractivity contribution is 5.88. The van der Waals surface area contributed by atoms with Gasteiger partial charge in [0.15, 0.2) is 0 Å². The van der Waals surface area contributed by atoms with Crippen molar-refractivity contribution in [2.45, 2.75) is 44.2 Å². The molecular weight excluding hydrogens is 434 g/mol. The highest BCUT2D eigenvalue weighted by atomic mass is 16.5. The van der Waals surface area contributed by atoms with E-state index >= 15 is 0 Å². The number of hydrogen-bond donors (Lipinski definition) is 2. The first-order valence-electron chi connectivity index (χ1n) is 12.4. The van der Waals surface area contributed by atoms with Crippen LogP contribution in [0.3, 0.4) is 0 Å². The summed E-state index contributed by atoms with van der Waals surface area (Å²) >= 11 is 0. The maximum absolute atomic E-state index is 11.5. The van der Waals surface area contributed by atoms with Crippen molar-refractivity contribution >= 4 is 16.7 Å². The molecule has 2 N–H and O–H groups in total. The third kappa shape index (κ3) is 5.08. The van der Waals surface area contributed by atoms with E-state index in [0.29, 0.717) is 5.56 Å². The normalized spacial score (nSPS) is 18.0. The number of carboxylic acids is 1. The molecule has 0 spiro atoms. The van der Waals surface area contributed by atoms with E-state index < -0.39 is 5.97 Å². The van der Waals surface area contributed by atoms with Crippen molar-refractivity contribution in [3.05, 3.63) is 113 Å². The second kappa shape index (κ2) is 10.3. The van der Waals surface area contributed by atoms with Gasteiger partial charge >= 0.3 is 5.97 Å². The molecule has 4 aromatic carbocycles. The van der Waals surface area contributed by atoms with E-state index in [-0.39, 0.29) is 18.1 Å². The van der Waals surface area contributed by atoms with Crippen LogP contribution >= 0.6 is 0 Å². The summed E-state index contributed by atoms with van der Waals surface area (Å²) in [5.74, 6) is 0.147. The molecule has 0 saturated heterocycles. The average Bonchev–Trinajstić information content (AvgIpc) is 2.90. The minimum absolute atomic E-state index is 0.0954. The van der Waals surface area contributed by atoms with Crippen LogP contribution in [0.2, 0.25) is 0 Å². The average molecular weight is 466 g/mol. The number of para-hydroxylation sites is 1. The molecule has 4 nitrogen and oxygen atoms in total. The molecule has 5 rings (SSSR count). The number of rotatable bonds is 8. The minimum atomic E-state index is -0.893. The Hall–Kier alpha value is -3.63. The van der Waals surface area contributed by atoms with Crippen LogP contribution in [-0.2, 0) is 0 Å². The van der Waals surface area contributed by atoms with Gasteiger partial charge in [-0.1, -0.05) is 72.8 Å². The Kier molecular flexibility index (Phi) is 6.82. The van der Waals surface area contributed by atoms with Crippen LogP contribution in [0.4, 0.5) is 0 Å². The Morgan fingerprint density at radius 3 is 2.66 bits per heavy atom. The smallest absolute Gasteiger partial charge is 0.335 e. The lowest BCUT2D eigenvalue weighted by Crippen LogP contribution is -2.28. The number of benzene rings is 4. The lowest BCUT2D eigenvalue weighted by atomic mass is 9.83. The summed E-state index contributed by atoms with van der Waals surface area (Å²) in [5, 5.41) is 15.7. The van der Waals surface area contributed by atoms with Crippen LogP contribution in [0.1, 0.15) is 65.2 Å². The Bertz CT molecular complexity index is 1330. The number of aromatic carboxylic acids is 1. The number of carboxylic acid groups (broad SMARTS) is 1. The Morgan fingerprint density at radius 1 is 1.00 bits per heavy atom. The Labute approximate surface area is 206 Å². The summed E-state index contributed by atoms with van der Waals surface area (Å²) in [6.45, 7) is 3.13. The molecule has 0 amide bonds. The first kappa shape index (κ1) is 23.1. The van der Waals surface area contributed by atoms with Crippen LogP contribution < -0.4 is 10.1 Å². The number of hydrogen-bond acceptors (Lipinski definition) is 3. The van der Waals surface area contributed by atoms with Crippen LogP contribution in [-0.4, -0.2) is 23.7 Å². The highest BCUT2D eigenvalue weighted by Gasteiger charge is 2.29. The third-order valence-electron chi connectivity index (χ3n) is 7.07. The molecule has 4 heteroatoms. The van der Waals surface area contributed by atoms with Gasteiger partial charge in [0.25, 0.3) is 0 Å². The largest absolute Gasteiger partial charge is 0.490 e. The molecule has 0 saturated carbocycles. The number of nitrogens with one attached hydrogen (secondary N) is 1. The van der Waals surface area contributed by atoms with Crippen LogP contribution in [0.25, 0.3) is 10.8 Å². The summed E-state index contributed by atoms with van der Waals surface area (Å²) in [5.41, 5.74) is 3.82. The van der Waals surface area contributed by atoms with Crippen molar-refractivity contribution in [3.63, 3.8) is 0 Å². The van der Waals surface area contributed by atoms with Crippen molar-refractivity contribution in [1.29, 1.82) is 0 Å². The molecule has 3 unspecified atom stereocenters. The van der Waals surface area contributed by atoms with Gasteiger partial charge in [0, 0.05) is 17.5 Å². The molecule has 35 heavy (non-hydrogen) atoms. The number of ether oxygens (including phenoxy) is 1. The predicted octanol–water partition coefficient (Wildman–Crippen LogP) is 6.95. The maximum Gasteiger partial charge on any atom is 0.335 e. The van der Waals surface area contributed by atoms with E-state index in [1.54, 1.807) is 12.1 Å². The second-order valence-electron chi connectivity index (χ2n) is 9.38. The first-order chi connectivity index (χ1) is 17.1. The van der Waals surface area contributed by atoms with Crippen molar-refractivity contribution in [3.8, 4) is 5.75 Å². The molecule has 0 aliphatic carbocycles. The molecule has 4 aromatic rings. The van der Waals surface area contributed by atoms with Crippen molar-refractivity contribution in [2.24, 2.45) is 0 Å². The van der Waals surface area contributed by atoms with Gasteiger partial charge in [-0.2, -0.15) is 0 Å². The third-order valence-corrected chi connectivity index (χ3v) is 7.07. The van der Waals surface area contributed by atoms with Gasteiger partial charge in [0.2, 0.25) is 0 Å². The highest BCUT2D eigenvalue weighted by Crippen LogP contribution is 2.41. The molecule has 0 bridgehead atoms. The first-order valence-corrected chi connectivity index (χ1v) is 12.4. The fourth-order valence-corrected chi connectivity index (χ4v) is 5.26. The Morgan fingerprint density at radius 2 is 1.77 bits per heavy atom. The molecule has 0 fully saturated rings. The monoisotopic (exact) mass is 465 g/mol. The van der Waals surface area contributed by atoms with E-state index in [1.807, 2.05) is 30.3 Å². The molecule has 1 aliphatic rings. The lowest BCUT2D eigenvalue weighted by Gasteiger charge is -2.33. The van der Waals surface area contributed by atoms with Gasteiger partial charge in [-0.05, 0) is 72.8 Å². The summed E-state index contributed by atoms with van der Waals surface area (Å²) in [4.78, 5) is 11.5. The van der Waals surface area contributed by atoms with Crippen molar-refractivity contribution < 1.29 is 14.6 Å². The zero-order valence-electron chi connectivity index (χ0n) is 20.0.